The fourth-order valence-electron chi connectivity index (χ4n) is 1.78. The smallest absolute Gasteiger partial charge is 0.0445 e. The standard InChI is InChI=1S/C14H9N2.Y/c1-2-6-11(7-3-1)14-13-9-5-4-8-12(13)10-15-16-14;/h1-9H;/q-1;. The van der Waals surface area contributed by atoms with E-state index in [0.717, 1.165) is 22.0 Å². The van der Waals surface area contributed by atoms with Gasteiger partial charge < -0.3 is 0 Å². The quantitative estimate of drug-likeness (QED) is 0.645. The van der Waals surface area contributed by atoms with Crippen molar-refractivity contribution in [3.05, 3.63) is 60.8 Å². The van der Waals surface area contributed by atoms with Gasteiger partial charge in [-0.3, -0.25) is 0 Å². The Kier molecular flexibility index (Phi) is 3.98. The van der Waals surface area contributed by atoms with Crippen molar-refractivity contribution >= 4 is 10.8 Å². The van der Waals surface area contributed by atoms with E-state index in [1.54, 1.807) is 0 Å². The molecule has 17 heavy (non-hydrogen) atoms. The van der Waals surface area contributed by atoms with Crippen molar-refractivity contribution in [2.45, 2.75) is 0 Å². The molecule has 0 bridgehead atoms. The maximum absolute atomic E-state index is 4.17. The molecular weight excluding hydrogens is 285 g/mol. The van der Waals surface area contributed by atoms with Crippen molar-refractivity contribution in [2.75, 3.05) is 0 Å². The Morgan fingerprint density at radius 2 is 1.53 bits per heavy atom. The minimum atomic E-state index is 0. The topological polar surface area (TPSA) is 25.8 Å². The largest absolute Gasteiger partial charge is 0.229 e. The van der Waals surface area contributed by atoms with Crippen molar-refractivity contribution < 1.29 is 32.7 Å². The van der Waals surface area contributed by atoms with Gasteiger partial charge in [-0.05, 0) is 11.8 Å². The average Bonchev–Trinajstić information content (AvgIpc) is 2.39. The molecule has 79 valence electrons. The Balaban J connectivity index is 0.00000108. The fraction of sp³-hybridized carbons (Fsp3) is 0. The van der Waals surface area contributed by atoms with Crippen LogP contribution in [-0.4, -0.2) is 10.2 Å². The predicted octanol–water partition coefficient (Wildman–Crippen LogP) is 3.09. The molecule has 3 aromatic rings. The van der Waals surface area contributed by atoms with Gasteiger partial charge >= 0.3 is 0 Å². The zero-order valence-corrected chi connectivity index (χ0v) is 12.0. The number of rotatable bonds is 1. The van der Waals surface area contributed by atoms with Gasteiger partial charge in [0.25, 0.3) is 0 Å². The molecule has 2 aromatic carbocycles. The molecular formula is C14H9N2Y-. The summed E-state index contributed by atoms with van der Waals surface area (Å²) in [6, 6.07) is 18.1. The maximum atomic E-state index is 4.17. The van der Waals surface area contributed by atoms with Crippen LogP contribution in [0, 0.1) is 6.20 Å². The molecule has 0 aliphatic carbocycles. The van der Waals surface area contributed by atoms with E-state index in [4.69, 9.17) is 0 Å². The molecule has 0 spiro atoms. The van der Waals surface area contributed by atoms with Crippen molar-refractivity contribution in [1.29, 1.82) is 0 Å². The summed E-state index contributed by atoms with van der Waals surface area (Å²) >= 11 is 0. The van der Waals surface area contributed by atoms with Gasteiger partial charge in [-0.2, -0.15) is 16.6 Å². The first kappa shape index (κ1) is 12.3. The van der Waals surface area contributed by atoms with E-state index >= 15 is 0 Å². The molecule has 0 N–H and O–H groups in total. The molecule has 0 atom stereocenters. The van der Waals surface area contributed by atoms with Gasteiger partial charge in [0.05, 0.1) is 0 Å². The molecule has 0 aliphatic heterocycles. The third-order valence-corrected chi connectivity index (χ3v) is 2.55. The molecule has 0 unspecified atom stereocenters. The van der Waals surface area contributed by atoms with E-state index in [2.05, 4.69) is 16.4 Å². The van der Waals surface area contributed by atoms with E-state index in [9.17, 15) is 0 Å². The first-order chi connectivity index (χ1) is 7.95. The second-order valence-corrected chi connectivity index (χ2v) is 3.57. The first-order valence-corrected chi connectivity index (χ1v) is 5.14. The Bertz CT molecular complexity index is 618. The summed E-state index contributed by atoms with van der Waals surface area (Å²) in [4.78, 5) is 0. The Morgan fingerprint density at radius 1 is 0.824 bits per heavy atom. The maximum Gasteiger partial charge on any atom is 0.0445 e. The SMILES string of the molecule is [Y].[c-]1nnc(-c2ccccc2)c2ccccc12. The fourth-order valence-corrected chi connectivity index (χ4v) is 1.78. The molecule has 0 fully saturated rings. The summed E-state index contributed by atoms with van der Waals surface area (Å²) in [6.07, 6.45) is 2.90. The Labute approximate surface area is 125 Å². The van der Waals surface area contributed by atoms with Crippen LogP contribution in [-0.2, 0) is 32.7 Å². The van der Waals surface area contributed by atoms with E-state index in [-0.39, 0.29) is 32.7 Å². The molecule has 0 saturated heterocycles. The molecule has 0 aliphatic rings. The van der Waals surface area contributed by atoms with E-state index in [1.807, 2.05) is 54.6 Å². The van der Waals surface area contributed by atoms with Crippen molar-refractivity contribution in [1.82, 2.24) is 10.2 Å². The summed E-state index contributed by atoms with van der Waals surface area (Å²) in [5, 5.41) is 10.2. The second kappa shape index (κ2) is 5.48. The monoisotopic (exact) mass is 294 g/mol. The van der Waals surface area contributed by atoms with E-state index < -0.39 is 0 Å². The number of aromatic nitrogens is 2. The summed E-state index contributed by atoms with van der Waals surface area (Å²) in [7, 11) is 0. The van der Waals surface area contributed by atoms with Crippen LogP contribution in [0.25, 0.3) is 22.0 Å². The molecule has 1 aromatic heterocycles. The molecule has 1 heterocycles. The molecule has 1 radical (unpaired) electrons. The minimum Gasteiger partial charge on any atom is -0.229 e. The van der Waals surface area contributed by atoms with Crippen LogP contribution in [0.4, 0.5) is 0 Å². The Hall–Kier alpha value is -1.12. The number of hydrogen-bond donors (Lipinski definition) is 0. The second-order valence-electron chi connectivity index (χ2n) is 3.57. The predicted molar refractivity (Wildman–Crippen MR) is 63.8 cm³/mol. The van der Waals surface area contributed by atoms with Crippen molar-refractivity contribution in [2.24, 2.45) is 0 Å². The number of nitrogens with zero attached hydrogens (tertiary/aromatic N) is 2. The molecule has 0 saturated carbocycles. The summed E-state index contributed by atoms with van der Waals surface area (Å²) in [6.45, 7) is 0. The van der Waals surface area contributed by atoms with Crippen molar-refractivity contribution in [3.63, 3.8) is 0 Å². The third-order valence-electron chi connectivity index (χ3n) is 2.55. The Morgan fingerprint density at radius 3 is 2.35 bits per heavy atom. The zero-order chi connectivity index (χ0) is 10.8. The van der Waals surface area contributed by atoms with Crippen LogP contribution >= 0.6 is 0 Å². The van der Waals surface area contributed by atoms with Crippen LogP contribution in [0.2, 0.25) is 0 Å². The van der Waals surface area contributed by atoms with Crippen LogP contribution in [0.15, 0.2) is 54.6 Å². The minimum absolute atomic E-state index is 0. The van der Waals surface area contributed by atoms with Gasteiger partial charge in [-0.25, -0.2) is 5.10 Å². The van der Waals surface area contributed by atoms with E-state index in [0.29, 0.717) is 0 Å². The summed E-state index contributed by atoms with van der Waals surface area (Å²) in [5.41, 5.74) is 2.00. The van der Waals surface area contributed by atoms with Gasteiger partial charge in [-0.15, -0.1) is 12.1 Å². The van der Waals surface area contributed by atoms with Gasteiger partial charge in [0, 0.05) is 38.4 Å². The first-order valence-electron chi connectivity index (χ1n) is 5.14. The van der Waals surface area contributed by atoms with Gasteiger partial charge in [0.15, 0.2) is 0 Å². The van der Waals surface area contributed by atoms with Gasteiger partial charge in [0.1, 0.15) is 0 Å². The molecule has 0 amide bonds. The van der Waals surface area contributed by atoms with Crippen LogP contribution in [0.1, 0.15) is 0 Å². The van der Waals surface area contributed by atoms with Gasteiger partial charge in [0.2, 0.25) is 0 Å². The van der Waals surface area contributed by atoms with Crippen LogP contribution in [0.3, 0.4) is 0 Å². The summed E-state index contributed by atoms with van der Waals surface area (Å²) < 4.78 is 0. The number of benzene rings is 2. The normalized spacial score (nSPS) is 9.88. The summed E-state index contributed by atoms with van der Waals surface area (Å²) in [5.74, 6) is 0. The van der Waals surface area contributed by atoms with Crippen molar-refractivity contribution in [3.8, 4) is 11.3 Å². The molecule has 3 heteroatoms. The third kappa shape index (κ3) is 2.43. The van der Waals surface area contributed by atoms with Crippen LogP contribution in [0.5, 0.6) is 0 Å². The van der Waals surface area contributed by atoms with Gasteiger partial charge in [-0.1, -0.05) is 41.8 Å². The molecule has 3 rings (SSSR count). The average molecular weight is 294 g/mol. The molecule has 2 nitrogen and oxygen atoms in total. The van der Waals surface area contributed by atoms with E-state index in [1.165, 1.54) is 0 Å². The number of hydrogen-bond acceptors (Lipinski definition) is 2. The van der Waals surface area contributed by atoms with Crippen LogP contribution < -0.4 is 0 Å². The zero-order valence-electron chi connectivity index (χ0n) is 9.17. The number of fused-ring (bicyclic) bond motifs is 1.